The standard InChI is InChI=1S/C15H13N3O3S2/c1-3-22-15-18-17-14(23-15)16-13(20)11-7-10(19)9-6-4-5-8(2)12(9)21-11/h4-7H,3H2,1-2H3,(H,16,17,20). The van der Waals surface area contributed by atoms with E-state index < -0.39 is 5.91 Å². The summed E-state index contributed by atoms with van der Waals surface area (Å²) in [5.74, 6) is 0.314. The van der Waals surface area contributed by atoms with Crippen LogP contribution in [0.1, 0.15) is 23.0 Å². The molecular weight excluding hydrogens is 334 g/mol. The zero-order valence-electron chi connectivity index (χ0n) is 12.5. The van der Waals surface area contributed by atoms with Crippen LogP contribution in [0.5, 0.6) is 0 Å². The average Bonchev–Trinajstić information content (AvgIpc) is 2.95. The Morgan fingerprint density at radius 2 is 2.22 bits per heavy atom. The Morgan fingerprint density at radius 3 is 3.00 bits per heavy atom. The van der Waals surface area contributed by atoms with E-state index in [1.54, 1.807) is 23.9 Å². The van der Waals surface area contributed by atoms with Gasteiger partial charge in [0.15, 0.2) is 15.5 Å². The van der Waals surface area contributed by atoms with Crippen LogP contribution in [0, 0.1) is 6.92 Å². The summed E-state index contributed by atoms with van der Waals surface area (Å²) in [4.78, 5) is 24.4. The molecule has 1 amide bonds. The average molecular weight is 347 g/mol. The third-order valence-electron chi connectivity index (χ3n) is 3.07. The molecule has 0 fully saturated rings. The fourth-order valence-electron chi connectivity index (χ4n) is 2.03. The van der Waals surface area contributed by atoms with Crippen LogP contribution in [-0.2, 0) is 0 Å². The number of hydrogen-bond donors (Lipinski definition) is 1. The van der Waals surface area contributed by atoms with E-state index in [-0.39, 0.29) is 11.2 Å². The highest BCUT2D eigenvalue weighted by Gasteiger charge is 2.15. The topological polar surface area (TPSA) is 85.1 Å². The summed E-state index contributed by atoms with van der Waals surface area (Å²) >= 11 is 2.83. The van der Waals surface area contributed by atoms with Gasteiger partial charge in [-0.2, -0.15) is 0 Å². The van der Waals surface area contributed by atoms with Crippen molar-refractivity contribution in [1.82, 2.24) is 10.2 Å². The first kappa shape index (κ1) is 15.7. The molecule has 2 heterocycles. The number of thioether (sulfide) groups is 1. The highest BCUT2D eigenvalue weighted by atomic mass is 32.2. The number of carbonyl (C=O) groups excluding carboxylic acids is 1. The second kappa shape index (κ2) is 6.51. The van der Waals surface area contributed by atoms with Crippen molar-refractivity contribution in [2.45, 2.75) is 18.2 Å². The Labute approximate surface area is 139 Å². The fraction of sp³-hybridized carbons (Fsp3) is 0.200. The molecule has 0 saturated heterocycles. The Kier molecular flexibility index (Phi) is 4.44. The maximum Gasteiger partial charge on any atom is 0.293 e. The first-order valence-electron chi connectivity index (χ1n) is 6.89. The Bertz CT molecular complexity index is 933. The van der Waals surface area contributed by atoms with Gasteiger partial charge in [-0.15, -0.1) is 10.2 Å². The molecule has 0 atom stereocenters. The number of aryl methyl sites for hydroxylation is 1. The predicted molar refractivity (Wildman–Crippen MR) is 91.5 cm³/mol. The fourth-order valence-corrected chi connectivity index (χ4v) is 3.67. The summed E-state index contributed by atoms with van der Waals surface area (Å²) in [7, 11) is 0. The van der Waals surface area contributed by atoms with Crippen molar-refractivity contribution in [2.24, 2.45) is 0 Å². The first-order chi connectivity index (χ1) is 11.1. The van der Waals surface area contributed by atoms with Gasteiger partial charge in [-0.25, -0.2) is 0 Å². The molecule has 118 valence electrons. The minimum absolute atomic E-state index is 0.0447. The Hall–Kier alpha value is -2.19. The maximum absolute atomic E-state index is 12.3. The number of carbonyl (C=O) groups is 1. The number of para-hydroxylation sites is 1. The van der Waals surface area contributed by atoms with Gasteiger partial charge in [0.25, 0.3) is 5.91 Å². The normalized spacial score (nSPS) is 10.9. The molecule has 8 heteroatoms. The van der Waals surface area contributed by atoms with Gasteiger partial charge in [0.05, 0.1) is 5.39 Å². The van der Waals surface area contributed by atoms with Crippen molar-refractivity contribution in [3.8, 4) is 0 Å². The van der Waals surface area contributed by atoms with Crippen LogP contribution < -0.4 is 10.7 Å². The molecule has 0 radical (unpaired) electrons. The van der Waals surface area contributed by atoms with E-state index in [1.807, 2.05) is 19.9 Å². The summed E-state index contributed by atoms with van der Waals surface area (Å²) in [5, 5.41) is 11.3. The molecule has 3 rings (SSSR count). The van der Waals surface area contributed by atoms with Crippen molar-refractivity contribution < 1.29 is 9.21 Å². The second-order valence-corrected chi connectivity index (χ2v) is 7.18. The lowest BCUT2D eigenvalue weighted by molar-refractivity contribution is 0.0997. The molecule has 1 N–H and O–H groups in total. The zero-order chi connectivity index (χ0) is 16.4. The molecule has 1 aromatic carbocycles. The number of anilines is 1. The summed E-state index contributed by atoms with van der Waals surface area (Å²) in [6, 6.07) is 6.48. The van der Waals surface area contributed by atoms with Crippen LogP contribution in [0.4, 0.5) is 5.13 Å². The molecule has 3 aromatic rings. The number of nitrogens with zero attached hydrogens (tertiary/aromatic N) is 2. The number of benzene rings is 1. The quantitative estimate of drug-likeness (QED) is 0.576. The van der Waals surface area contributed by atoms with Crippen molar-refractivity contribution in [3.63, 3.8) is 0 Å². The number of rotatable bonds is 4. The first-order valence-corrected chi connectivity index (χ1v) is 8.70. The van der Waals surface area contributed by atoms with Crippen LogP contribution in [0.3, 0.4) is 0 Å². The molecule has 0 bridgehead atoms. The van der Waals surface area contributed by atoms with Crippen molar-refractivity contribution in [1.29, 1.82) is 0 Å². The summed E-state index contributed by atoms with van der Waals surface area (Å²) in [6.07, 6.45) is 0. The van der Waals surface area contributed by atoms with E-state index in [4.69, 9.17) is 4.42 Å². The molecular formula is C15H13N3O3S2. The highest BCUT2D eigenvalue weighted by molar-refractivity contribution is 8.01. The van der Waals surface area contributed by atoms with Gasteiger partial charge >= 0.3 is 0 Å². The summed E-state index contributed by atoms with van der Waals surface area (Å²) in [6.45, 7) is 3.84. The van der Waals surface area contributed by atoms with Gasteiger partial charge in [-0.05, 0) is 24.3 Å². The lowest BCUT2D eigenvalue weighted by Gasteiger charge is -2.04. The molecule has 0 aliphatic heterocycles. The minimum Gasteiger partial charge on any atom is -0.450 e. The largest absolute Gasteiger partial charge is 0.450 e. The van der Waals surface area contributed by atoms with Crippen LogP contribution in [0.15, 0.2) is 37.8 Å². The van der Waals surface area contributed by atoms with E-state index in [9.17, 15) is 9.59 Å². The number of amides is 1. The lowest BCUT2D eigenvalue weighted by atomic mass is 10.1. The number of fused-ring (bicyclic) bond motifs is 1. The third kappa shape index (κ3) is 3.27. The van der Waals surface area contributed by atoms with Crippen LogP contribution in [0.25, 0.3) is 11.0 Å². The molecule has 2 aromatic heterocycles. The monoisotopic (exact) mass is 347 g/mol. The Balaban J connectivity index is 1.91. The Morgan fingerprint density at radius 1 is 1.39 bits per heavy atom. The SMILES string of the molecule is CCSc1nnc(NC(=O)c2cc(=O)c3cccc(C)c3o2)s1. The number of aromatic nitrogens is 2. The van der Waals surface area contributed by atoms with Crippen LogP contribution in [0.2, 0.25) is 0 Å². The summed E-state index contributed by atoms with van der Waals surface area (Å²) in [5.41, 5.74) is 0.969. The van der Waals surface area contributed by atoms with Crippen molar-refractivity contribution in [2.75, 3.05) is 11.1 Å². The van der Waals surface area contributed by atoms with Crippen LogP contribution in [-0.4, -0.2) is 21.9 Å². The molecule has 23 heavy (non-hydrogen) atoms. The van der Waals surface area contributed by atoms with E-state index >= 15 is 0 Å². The van der Waals surface area contributed by atoms with Gasteiger partial charge in [0.2, 0.25) is 5.13 Å². The third-order valence-corrected chi connectivity index (χ3v) is 4.92. The van der Waals surface area contributed by atoms with Gasteiger partial charge in [0, 0.05) is 6.07 Å². The highest BCUT2D eigenvalue weighted by Crippen LogP contribution is 2.25. The minimum atomic E-state index is -0.517. The van der Waals surface area contributed by atoms with Gasteiger partial charge in [-0.3, -0.25) is 14.9 Å². The van der Waals surface area contributed by atoms with Crippen molar-refractivity contribution >= 4 is 45.1 Å². The number of hydrogen-bond acceptors (Lipinski definition) is 7. The van der Waals surface area contributed by atoms with Crippen molar-refractivity contribution in [3.05, 3.63) is 45.8 Å². The molecule has 0 spiro atoms. The van der Waals surface area contributed by atoms with E-state index in [1.165, 1.54) is 17.4 Å². The molecule has 6 nitrogen and oxygen atoms in total. The summed E-state index contributed by atoms with van der Waals surface area (Å²) < 4.78 is 6.38. The smallest absolute Gasteiger partial charge is 0.293 e. The molecule has 0 aliphatic carbocycles. The zero-order valence-corrected chi connectivity index (χ0v) is 14.1. The van der Waals surface area contributed by atoms with E-state index in [2.05, 4.69) is 15.5 Å². The predicted octanol–water partition coefficient (Wildman–Crippen LogP) is 3.32. The molecule has 0 saturated carbocycles. The molecule has 0 aliphatic rings. The van der Waals surface area contributed by atoms with Gasteiger partial charge < -0.3 is 4.42 Å². The maximum atomic E-state index is 12.3. The second-order valence-electron chi connectivity index (χ2n) is 4.69. The van der Waals surface area contributed by atoms with Gasteiger partial charge in [-0.1, -0.05) is 42.2 Å². The lowest BCUT2D eigenvalue weighted by Crippen LogP contribution is -2.15. The van der Waals surface area contributed by atoms with E-state index in [0.29, 0.717) is 16.1 Å². The van der Waals surface area contributed by atoms with Crippen LogP contribution >= 0.6 is 23.1 Å². The number of nitrogens with one attached hydrogen (secondary N) is 1. The van der Waals surface area contributed by atoms with E-state index in [0.717, 1.165) is 15.7 Å². The molecule has 0 unspecified atom stereocenters. The van der Waals surface area contributed by atoms with Gasteiger partial charge in [0.1, 0.15) is 5.58 Å².